The third-order valence-electron chi connectivity index (χ3n) is 3.46. The molecule has 1 aromatic carbocycles. The Balaban J connectivity index is 1.73. The summed E-state index contributed by atoms with van der Waals surface area (Å²) in [6.07, 6.45) is 1.32. The largest absolute Gasteiger partial charge is 0.340 e. The van der Waals surface area contributed by atoms with Crippen LogP contribution in [0.15, 0.2) is 30.6 Å². The summed E-state index contributed by atoms with van der Waals surface area (Å²) in [5.74, 6) is -1.65. The molecule has 2 heterocycles. The third kappa shape index (κ3) is 2.59. The van der Waals surface area contributed by atoms with Gasteiger partial charge in [0.2, 0.25) is 0 Å². The number of fused-ring (bicyclic) bond motifs is 1. The lowest BCUT2D eigenvalue weighted by molar-refractivity contribution is -0.167. The van der Waals surface area contributed by atoms with Crippen molar-refractivity contribution in [1.82, 2.24) is 19.8 Å². The maximum Gasteiger partial charge on any atom is 0.340 e. The van der Waals surface area contributed by atoms with Crippen LogP contribution in [-0.2, 0) is 16.1 Å². The van der Waals surface area contributed by atoms with Gasteiger partial charge in [-0.15, -0.1) is 10.2 Å². The molecule has 8 heteroatoms. The highest BCUT2D eigenvalue weighted by atomic mass is 16.7. The monoisotopic (exact) mass is 314 g/mol. The number of imide groups is 1. The Morgan fingerprint density at radius 1 is 1.17 bits per heavy atom. The number of nitrogens with zero attached hydrogens (tertiary/aromatic N) is 4. The first-order valence-corrected chi connectivity index (χ1v) is 7.06. The van der Waals surface area contributed by atoms with Crippen LogP contribution < -0.4 is 0 Å². The second-order valence-electron chi connectivity index (χ2n) is 5.34. The average molecular weight is 314 g/mol. The van der Waals surface area contributed by atoms with Crippen molar-refractivity contribution < 1.29 is 19.2 Å². The van der Waals surface area contributed by atoms with Gasteiger partial charge in [0.15, 0.2) is 0 Å². The molecule has 1 aliphatic rings. The zero-order valence-corrected chi connectivity index (χ0v) is 12.6. The van der Waals surface area contributed by atoms with Gasteiger partial charge in [0.25, 0.3) is 11.8 Å². The minimum Gasteiger partial charge on any atom is -0.329 e. The Morgan fingerprint density at radius 2 is 1.78 bits per heavy atom. The van der Waals surface area contributed by atoms with E-state index in [1.54, 1.807) is 16.7 Å². The summed E-state index contributed by atoms with van der Waals surface area (Å²) in [5, 5.41) is 8.09. The van der Waals surface area contributed by atoms with Crippen molar-refractivity contribution in [3.05, 3.63) is 47.5 Å². The van der Waals surface area contributed by atoms with Crippen LogP contribution in [0.3, 0.4) is 0 Å². The fourth-order valence-corrected chi connectivity index (χ4v) is 2.34. The van der Waals surface area contributed by atoms with Crippen LogP contribution >= 0.6 is 0 Å². The minimum absolute atomic E-state index is 0.0760. The molecular formula is C15H14N4O4. The summed E-state index contributed by atoms with van der Waals surface area (Å²) in [6, 6.07) is 6.38. The molecule has 0 spiro atoms. The first-order chi connectivity index (χ1) is 11.0. The third-order valence-corrected chi connectivity index (χ3v) is 3.46. The number of benzene rings is 1. The summed E-state index contributed by atoms with van der Waals surface area (Å²) < 4.78 is 1.71. The fraction of sp³-hybridized carbons (Fsp3) is 0.267. The molecule has 8 nitrogen and oxygen atoms in total. The lowest BCUT2D eigenvalue weighted by Crippen LogP contribution is -2.33. The minimum atomic E-state index is -0.755. The van der Waals surface area contributed by atoms with Crippen LogP contribution in [0.5, 0.6) is 0 Å². The number of rotatable bonds is 4. The number of carbonyl (C=O) groups is 3. The lowest BCUT2D eigenvalue weighted by Gasteiger charge is -2.13. The van der Waals surface area contributed by atoms with E-state index in [0.717, 1.165) is 0 Å². The number of hydrogen-bond acceptors (Lipinski definition) is 6. The van der Waals surface area contributed by atoms with Gasteiger partial charge in [-0.1, -0.05) is 17.2 Å². The normalized spacial score (nSPS) is 13.6. The molecule has 1 aliphatic heterocycles. The number of carbonyl (C=O) groups excluding carboxylic acids is 3. The van der Waals surface area contributed by atoms with Crippen LogP contribution in [0.25, 0.3) is 0 Å². The van der Waals surface area contributed by atoms with Crippen molar-refractivity contribution in [3.63, 3.8) is 0 Å². The quantitative estimate of drug-likeness (QED) is 0.786. The first-order valence-electron chi connectivity index (χ1n) is 7.06. The molecule has 118 valence electrons. The summed E-state index contributed by atoms with van der Waals surface area (Å²) in [5.41, 5.74) is 0.436. The molecular weight excluding hydrogens is 300 g/mol. The Bertz CT molecular complexity index is 761. The molecule has 0 atom stereocenters. The van der Waals surface area contributed by atoms with Gasteiger partial charge in [0.05, 0.1) is 11.1 Å². The van der Waals surface area contributed by atoms with Crippen molar-refractivity contribution in [3.8, 4) is 0 Å². The van der Waals surface area contributed by atoms with Gasteiger partial charge in [-0.05, 0) is 26.0 Å². The molecule has 0 radical (unpaired) electrons. The second-order valence-corrected chi connectivity index (χ2v) is 5.34. The Morgan fingerprint density at radius 3 is 2.35 bits per heavy atom. The zero-order chi connectivity index (χ0) is 16.6. The van der Waals surface area contributed by atoms with Crippen LogP contribution in [0, 0.1) is 0 Å². The van der Waals surface area contributed by atoms with Gasteiger partial charge in [-0.25, -0.2) is 4.79 Å². The van der Waals surface area contributed by atoms with Gasteiger partial charge >= 0.3 is 5.97 Å². The molecule has 3 rings (SSSR count). The molecule has 0 aliphatic carbocycles. The Labute approximate surface area is 131 Å². The van der Waals surface area contributed by atoms with E-state index >= 15 is 0 Å². The smallest absolute Gasteiger partial charge is 0.329 e. The number of hydroxylamine groups is 2. The van der Waals surface area contributed by atoms with Crippen molar-refractivity contribution in [2.75, 3.05) is 0 Å². The highest BCUT2D eigenvalue weighted by Crippen LogP contribution is 2.22. The van der Waals surface area contributed by atoms with Crippen molar-refractivity contribution >= 4 is 17.8 Å². The summed E-state index contributed by atoms with van der Waals surface area (Å²) in [4.78, 5) is 41.2. The van der Waals surface area contributed by atoms with E-state index in [9.17, 15) is 14.4 Å². The van der Waals surface area contributed by atoms with Crippen molar-refractivity contribution in [2.24, 2.45) is 0 Å². The summed E-state index contributed by atoms with van der Waals surface area (Å²) >= 11 is 0. The molecule has 0 saturated carbocycles. The number of hydrogen-bond donors (Lipinski definition) is 0. The molecule has 0 saturated heterocycles. The van der Waals surface area contributed by atoms with Crippen LogP contribution in [-0.4, -0.2) is 37.6 Å². The van der Waals surface area contributed by atoms with Gasteiger partial charge in [0.1, 0.15) is 18.6 Å². The van der Waals surface area contributed by atoms with E-state index in [0.29, 0.717) is 10.9 Å². The predicted octanol–water partition coefficient (Wildman–Crippen LogP) is 1.16. The number of aromatic nitrogens is 3. The highest BCUT2D eigenvalue weighted by molar-refractivity contribution is 6.20. The maximum atomic E-state index is 12.1. The van der Waals surface area contributed by atoms with E-state index in [-0.39, 0.29) is 23.6 Å². The first kappa shape index (κ1) is 14.9. The highest BCUT2D eigenvalue weighted by Gasteiger charge is 2.38. The van der Waals surface area contributed by atoms with Crippen molar-refractivity contribution in [1.29, 1.82) is 0 Å². The van der Waals surface area contributed by atoms with Gasteiger partial charge in [-0.3, -0.25) is 9.59 Å². The van der Waals surface area contributed by atoms with E-state index in [4.69, 9.17) is 4.84 Å². The van der Waals surface area contributed by atoms with Crippen molar-refractivity contribution in [2.45, 2.75) is 26.3 Å². The Kier molecular flexibility index (Phi) is 3.65. The van der Waals surface area contributed by atoms with E-state index in [1.165, 1.54) is 18.5 Å². The van der Waals surface area contributed by atoms with Crippen LogP contribution in [0.1, 0.15) is 46.4 Å². The summed E-state index contributed by atoms with van der Waals surface area (Å²) in [7, 11) is 0. The average Bonchev–Trinajstić information content (AvgIpc) is 3.07. The van der Waals surface area contributed by atoms with E-state index in [2.05, 4.69) is 10.2 Å². The molecule has 0 unspecified atom stereocenters. The second kappa shape index (κ2) is 5.64. The molecule has 1 aromatic heterocycles. The molecule has 0 bridgehead atoms. The molecule has 23 heavy (non-hydrogen) atoms. The molecule has 2 amide bonds. The topological polar surface area (TPSA) is 94.4 Å². The van der Waals surface area contributed by atoms with Crippen LogP contribution in [0.4, 0.5) is 0 Å². The van der Waals surface area contributed by atoms with E-state index in [1.807, 2.05) is 13.8 Å². The SMILES string of the molecule is CC(C)n1cnnc1CC(=O)ON1C(=O)c2ccccc2C1=O. The van der Waals surface area contributed by atoms with Gasteiger partial charge in [-0.2, -0.15) is 0 Å². The summed E-state index contributed by atoms with van der Waals surface area (Å²) in [6.45, 7) is 3.84. The fourth-order valence-electron chi connectivity index (χ4n) is 2.34. The molecule has 0 N–H and O–H groups in total. The van der Waals surface area contributed by atoms with Gasteiger partial charge in [0, 0.05) is 6.04 Å². The lowest BCUT2D eigenvalue weighted by atomic mass is 10.1. The molecule has 2 aromatic rings. The maximum absolute atomic E-state index is 12.1. The standard InChI is InChI=1S/C15H14N4O4/c1-9(2)18-8-16-17-12(18)7-13(20)23-19-14(21)10-5-3-4-6-11(10)15(19)22/h3-6,8-9H,7H2,1-2H3. The Hall–Kier alpha value is -3.03. The number of amides is 2. The van der Waals surface area contributed by atoms with E-state index < -0.39 is 17.8 Å². The zero-order valence-electron chi connectivity index (χ0n) is 12.6. The van der Waals surface area contributed by atoms with Gasteiger partial charge < -0.3 is 9.40 Å². The predicted molar refractivity (Wildman–Crippen MR) is 77.1 cm³/mol. The molecule has 0 fully saturated rings. The van der Waals surface area contributed by atoms with Crippen LogP contribution in [0.2, 0.25) is 0 Å².